The lowest BCUT2D eigenvalue weighted by Crippen LogP contribution is -2.07. The van der Waals surface area contributed by atoms with E-state index in [1.807, 2.05) is 12.1 Å². The van der Waals surface area contributed by atoms with Gasteiger partial charge in [-0.1, -0.05) is 12.1 Å². The van der Waals surface area contributed by atoms with Crippen LogP contribution in [0.2, 0.25) is 0 Å². The first-order valence-electron chi connectivity index (χ1n) is 5.23. The van der Waals surface area contributed by atoms with Crippen molar-refractivity contribution in [1.82, 2.24) is 9.97 Å². The summed E-state index contributed by atoms with van der Waals surface area (Å²) < 4.78 is 0.863. The van der Waals surface area contributed by atoms with E-state index in [1.54, 1.807) is 24.5 Å². The number of nitrogens with one attached hydrogen (secondary N) is 1. The van der Waals surface area contributed by atoms with Gasteiger partial charge in [-0.15, -0.1) is 0 Å². The molecule has 5 heteroatoms. The number of phenols is 1. The third kappa shape index (κ3) is 3.71. The quantitative estimate of drug-likeness (QED) is 0.910. The summed E-state index contributed by atoms with van der Waals surface area (Å²) in [7, 11) is 0. The average molecular weight is 294 g/mol. The second-order valence-electron chi connectivity index (χ2n) is 3.57. The molecule has 0 atom stereocenters. The predicted octanol–water partition coefficient (Wildman–Crippen LogP) is 2.60. The molecule has 0 aliphatic rings. The van der Waals surface area contributed by atoms with Gasteiger partial charge < -0.3 is 10.4 Å². The fourth-order valence-electron chi connectivity index (χ4n) is 1.38. The summed E-state index contributed by atoms with van der Waals surface area (Å²) in [6, 6.07) is 7.18. The lowest BCUT2D eigenvalue weighted by molar-refractivity contribution is 0.475. The molecule has 0 amide bonds. The maximum absolute atomic E-state index is 9.15. The number of aromatic hydroxyl groups is 1. The van der Waals surface area contributed by atoms with Gasteiger partial charge in [-0.25, -0.2) is 9.97 Å². The van der Waals surface area contributed by atoms with Gasteiger partial charge in [0.05, 0.1) is 4.47 Å². The van der Waals surface area contributed by atoms with Gasteiger partial charge >= 0.3 is 0 Å². The molecule has 0 aliphatic carbocycles. The molecule has 0 bridgehead atoms. The van der Waals surface area contributed by atoms with E-state index in [9.17, 15) is 0 Å². The summed E-state index contributed by atoms with van der Waals surface area (Å²) in [4.78, 5) is 8.23. The van der Waals surface area contributed by atoms with Crippen molar-refractivity contribution in [3.05, 3.63) is 46.7 Å². The molecule has 88 valence electrons. The highest BCUT2D eigenvalue weighted by molar-refractivity contribution is 9.10. The molecule has 0 saturated carbocycles. The van der Waals surface area contributed by atoms with Crippen LogP contribution in [0.4, 0.5) is 5.95 Å². The molecule has 0 saturated heterocycles. The van der Waals surface area contributed by atoms with Crippen molar-refractivity contribution in [2.24, 2.45) is 0 Å². The summed E-state index contributed by atoms with van der Waals surface area (Å²) in [6.07, 6.45) is 4.27. The van der Waals surface area contributed by atoms with Crippen molar-refractivity contribution in [3.8, 4) is 5.75 Å². The van der Waals surface area contributed by atoms with E-state index in [4.69, 9.17) is 5.11 Å². The van der Waals surface area contributed by atoms with E-state index in [1.165, 1.54) is 0 Å². The van der Waals surface area contributed by atoms with Gasteiger partial charge in [0.2, 0.25) is 5.95 Å². The number of rotatable bonds is 4. The normalized spacial score (nSPS) is 10.2. The van der Waals surface area contributed by atoms with Crippen LogP contribution in [0, 0.1) is 0 Å². The lowest BCUT2D eigenvalue weighted by Gasteiger charge is -2.04. The highest BCUT2D eigenvalue weighted by Gasteiger charge is 1.96. The molecule has 1 aromatic heterocycles. The van der Waals surface area contributed by atoms with Gasteiger partial charge in [0.25, 0.3) is 0 Å². The topological polar surface area (TPSA) is 58.0 Å². The Labute approximate surface area is 108 Å². The second kappa shape index (κ2) is 5.63. The van der Waals surface area contributed by atoms with Gasteiger partial charge in [-0.05, 0) is 40.0 Å². The Hall–Kier alpha value is -1.62. The lowest BCUT2D eigenvalue weighted by atomic mass is 10.1. The van der Waals surface area contributed by atoms with E-state index in [-0.39, 0.29) is 5.75 Å². The Bertz CT molecular complexity index is 425. The maximum Gasteiger partial charge on any atom is 0.222 e. The van der Waals surface area contributed by atoms with E-state index >= 15 is 0 Å². The van der Waals surface area contributed by atoms with Crippen LogP contribution in [-0.4, -0.2) is 21.6 Å². The molecule has 2 aromatic rings. The number of aromatic nitrogens is 2. The van der Waals surface area contributed by atoms with Crippen LogP contribution < -0.4 is 5.32 Å². The van der Waals surface area contributed by atoms with Crippen molar-refractivity contribution in [3.63, 3.8) is 0 Å². The molecule has 0 spiro atoms. The van der Waals surface area contributed by atoms with E-state index in [2.05, 4.69) is 31.2 Å². The largest absolute Gasteiger partial charge is 0.508 e. The van der Waals surface area contributed by atoms with Crippen LogP contribution >= 0.6 is 15.9 Å². The average Bonchev–Trinajstić information content (AvgIpc) is 2.34. The molecule has 1 aromatic carbocycles. The number of hydrogen-bond acceptors (Lipinski definition) is 4. The Balaban J connectivity index is 1.83. The second-order valence-corrected chi connectivity index (χ2v) is 4.48. The minimum absolute atomic E-state index is 0.290. The number of halogens is 1. The fraction of sp³-hybridized carbons (Fsp3) is 0.167. The SMILES string of the molecule is Oc1ccc(CCNc2ncc(Br)cn2)cc1. The van der Waals surface area contributed by atoms with Gasteiger partial charge in [0.15, 0.2) is 0 Å². The third-order valence-corrected chi connectivity index (χ3v) is 2.66. The maximum atomic E-state index is 9.15. The van der Waals surface area contributed by atoms with E-state index < -0.39 is 0 Å². The van der Waals surface area contributed by atoms with Crippen molar-refractivity contribution in [2.45, 2.75) is 6.42 Å². The minimum atomic E-state index is 0.290. The van der Waals surface area contributed by atoms with Crippen molar-refractivity contribution in [1.29, 1.82) is 0 Å². The Morgan fingerprint density at radius 3 is 2.41 bits per heavy atom. The Morgan fingerprint density at radius 2 is 1.76 bits per heavy atom. The van der Waals surface area contributed by atoms with Crippen molar-refractivity contribution < 1.29 is 5.11 Å². The standard InChI is InChI=1S/C12H12BrN3O/c13-10-7-15-12(16-8-10)14-6-5-9-1-3-11(17)4-2-9/h1-4,7-8,17H,5-6H2,(H,14,15,16). The van der Waals surface area contributed by atoms with Crippen LogP contribution in [0.3, 0.4) is 0 Å². The summed E-state index contributed by atoms with van der Waals surface area (Å²) >= 11 is 3.28. The van der Waals surface area contributed by atoms with Crippen molar-refractivity contribution >= 4 is 21.9 Å². The van der Waals surface area contributed by atoms with E-state index in [0.29, 0.717) is 5.95 Å². The van der Waals surface area contributed by atoms with Crippen LogP contribution in [0.1, 0.15) is 5.56 Å². The summed E-state index contributed by atoms with van der Waals surface area (Å²) in [6.45, 7) is 0.756. The first-order valence-corrected chi connectivity index (χ1v) is 6.03. The van der Waals surface area contributed by atoms with Crippen LogP contribution in [-0.2, 0) is 6.42 Å². The fourth-order valence-corrected chi connectivity index (χ4v) is 1.59. The van der Waals surface area contributed by atoms with Gasteiger partial charge in [0, 0.05) is 18.9 Å². The van der Waals surface area contributed by atoms with Crippen LogP contribution in [0.25, 0.3) is 0 Å². The molecule has 0 unspecified atom stereocenters. The smallest absolute Gasteiger partial charge is 0.222 e. The number of hydrogen-bond donors (Lipinski definition) is 2. The molecule has 2 rings (SSSR count). The number of nitrogens with zero attached hydrogens (tertiary/aromatic N) is 2. The molecule has 0 fully saturated rings. The van der Waals surface area contributed by atoms with Crippen LogP contribution in [0.15, 0.2) is 41.1 Å². The Morgan fingerprint density at radius 1 is 1.12 bits per heavy atom. The highest BCUT2D eigenvalue weighted by atomic mass is 79.9. The van der Waals surface area contributed by atoms with Gasteiger partial charge in [-0.3, -0.25) is 0 Å². The summed E-state index contributed by atoms with van der Waals surface area (Å²) in [5, 5.41) is 12.3. The highest BCUT2D eigenvalue weighted by Crippen LogP contribution is 2.10. The predicted molar refractivity (Wildman–Crippen MR) is 70.0 cm³/mol. The molecular formula is C12H12BrN3O. The zero-order chi connectivity index (χ0) is 12.1. The number of phenolic OH excluding ortho intramolecular Hbond substituents is 1. The van der Waals surface area contributed by atoms with E-state index in [0.717, 1.165) is 23.0 Å². The first-order chi connectivity index (χ1) is 8.24. The van der Waals surface area contributed by atoms with Crippen molar-refractivity contribution in [2.75, 3.05) is 11.9 Å². The zero-order valence-electron chi connectivity index (χ0n) is 9.10. The molecule has 17 heavy (non-hydrogen) atoms. The van der Waals surface area contributed by atoms with Gasteiger partial charge in [-0.2, -0.15) is 0 Å². The zero-order valence-corrected chi connectivity index (χ0v) is 10.7. The molecule has 4 nitrogen and oxygen atoms in total. The first kappa shape index (κ1) is 11.9. The minimum Gasteiger partial charge on any atom is -0.508 e. The summed E-state index contributed by atoms with van der Waals surface area (Å²) in [5.41, 5.74) is 1.16. The molecular weight excluding hydrogens is 282 g/mol. The summed E-state index contributed by atoms with van der Waals surface area (Å²) in [5.74, 6) is 0.907. The molecule has 1 heterocycles. The van der Waals surface area contributed by atoms with Gasteiger partial charge in [0.1, 0.15) is 5.75 Å². The number of anilines is 1. The monoisotopic (exact) mass is 293 g/mol. The molecule has 0 radical (unpaired) electrons. The Kier molecular flexibility index (Phi) is 3.93. The molecule has 2 N–H and O–H groups in total. The number of benzene rings is 1. The molecule has 0 aliphatic heterocycles. The van der Waals surface area contributed by atoms with Crippen LogP contribution in [0.5, 0.6) is 5.75 Å². The third-order valence-electron chi connectivity index (χ3n) is 2.25.